The Morgan fingerprint density at radius 1 is 1.43 bits per heavy atom. The molecular weight excluding hydrogens is 153 g/mol. The molecule has 0 saturated carbocycles. The van der Waals surface area contributed by atoms with Crippen molar-refractivity contribution in [2.24, 2.45) is 0 Å². The molecule has 1 aromatic rings. The zero-order valence-corrected chi connectivity index (χ0v) is 5.38. The molecule has 0 amide bonds. The first-order chi connectivity index (χ1) is 3.39. The Labute approximate surface area is 50.6 Å². The second-order valence-corrected chi connectivity index (χ2v) is 2.05. The van der Waals surface area contributed by atoms with E-state index in [-0.39, 0.29) is 0 Å². The molecule has 0 radical (unpaired) electrons. The van der Waals surface area contributed by atoms with Crippen molar-refractivity contribution in [1.29, 1.82) is 0 Å². The Kier molecular flexibility index (Phi) is 1.45. The van der Waals surface area contributed by atoms with E-state index in [1.807, 2.05) is 18.2 Å². The minimum atomic E-state index is 0.947. The molecule has 0 N–H and O–H groups in total. The Morgan fingerprint density at radius 2 is 2.29 bits per heavy atom. The fourth-order valence-electron chi connectivity index (χ4n) is 0.347. The summed E-state index contributed by atoms with van der Waals surface area (Å²) in [5, 5.41) is 0. The molecule has 0 aliphatic carbocycles. The van der Waals surface area contributed by atoms with Crippen molar-refractivity contribution in [1.82, 2.24) is 4.98 Å². The van der Waals surface area contributed by atoms with Crippen LogP contribution in [0, 0.1) is 0 Å². The molecule has 0 bridgehead atoms. The maximum atomic E-state index is 3.92. The molecule has 0 aliphatic heterocycles. The van der Waals surface area contributed by atoms with Crippen LogP contribution in [0.15, 0.2) is 24.4 Å². The summed E-state index contributed by atoms with van der Waals surface area (Å²) in [5.41, 5.74) is 0. The fourth-order valence-corrected chi connectivity index (χ4v) is 0.640. The average Bonchev–Trinajstić information content (AvgIpc) is 1.69. The molecule has 0 fully saturated rings. The number of nitrogens with zero attached hydrogens (tertiary/aromatic N) is 1. The second kappa shape index (κ2) is 2.10. The van der Waals surface area contributed by atoms with Crippen LogP contribution < -0.4 is 4.59 Å². The molecule has 0 saturated heterocycles. The number of hydrogen-bond donors (Lipinski definition) is 0. The van der Waals surface area contributed by atoms with Crippen molar-refractivity contribution in [2.45, 2.75) is 0 Å². The zero-order valence-electron chi connectivity index (χ0n) is 3.66. The number of aromatic nitrogens is 1. The van der Waals surface area contributed by atoms with Crippen LogP contribution in [-0.4, -0.2) is 21.0 Å². The third-order valence-corrected chi connectivity index (χ3v) is 1.14. The van der Waals surface area contributed by atoms with Crippen LogP contribution in [0.25, 0.3) is 0 Å². The predicted octanol–water partition coefficient (Wildman–Crippen LogP) is -0.125. The summed E-state index contributed by atoms with van der Waals surface area (Å²) in [6, 6.07) is 5.75. The Hall–Kier alpha value is -0.331. The molecule has 0 atom stereocenters. The van der Waals surface area contributed by atoms with E-state index in [1.165, 1.54) is 0 Å². The summed E-state index contributed by atoms with van der Waals surface area (Å²) >= 11 is 2.79. The summed E-state index contributed by atoms with van der Waals surface area (Å²) in [7, 11) is 0. The minimum absolute atomic E-state index is 0.947. The van der Waals surface area contributed by atoms with E-state index in [1.54, 1.807) is 6.20 Å². The van der Waals surface area contributed by atoms with E-state index in [9.17, 15) is 0 Å². The number of hydrogen-bond acceptors (Lipinski definition) is 1. The van der Waals surface area contributed by atoms with Gasteiger partial charge in [0.2, 0.25) is 0 Å². The van der Waals surface area contributed by atoms with Crippen molar-refractivity contribution >= 4 is 20.6 Å². The molecule has 1 aromatic heterocycles. The molecule has 0 unspecified atom stereocenters. The van der Waals surface area contributed by atoms with Crippen molar-refractivity contribution in [3.8, 4) is 0 Å². The van der Waals surface area contributed by atoms with Gasteiger partial charge < -0.3 is 0 Å². The summed E-state index contributed by atoms with van der Waals surface area (Å²) in [6.07, 6.45) is 1.76. The van der Waals surface area contributed by atoms with E-state index in [4.69, 9.17) is 0 Å². The van der Waals surface area contributed by atoms with Gasteiger partial charge >= 0.3 is 50.0 Å². The van der Waals surface area contributed by atoms with Crippen LogP contribution in [-0.2, 0) is 0 Å². The third kappa shape index (κ3) is 1.30. The van der Waals surface area contributed by atoms with Gasteiger partial charge in [0.25, 0.3) is 0 Å². The van der Waals surface area contributed by atoms with Crippen molar-refractivity contribution in [2.75, 3.05) is 0 Å². The van der Waals surface area contributed by atoms with Gasteiger partial charge in [0.05, 0.1) is 0 Å². The zero-order chi connectivity index (χ0) is 5.11. The molecule has 1 rings (SSSR count). The first kappa shape index (κ1) is 4.82. The van der Waals surface area contributed by atoms with Gasteiger partial charge in [0.1, 0.15) is 0 Å². The molecule has 7 heavy (non-hydrogen) atoms. The standard InChI is InChI=1S/C5H5NSe/c7-5-3-1-2-4-6-5/h1-4H,(H,6,7)/p-1. The van der Waals surface area contributed by atoms with Gasteiger partial charge in [-0.05, 0) is 0 Å². The summed E-state index contributed by atoms with van der Waals surface area (Å²) in [5.74, 6) is 0. The van der Waals surface area contributed by atoms with Crippen LogP contribution in [0.4, 0.5) is 0 Å². The molecular formula is C5H4NSe-. The average molecular weight is 157 g/mol. The van der Waals surface area contributed by atoms with Crippen LogP contribution in [0.3, 0.4) is 0 Å². The molecule has 0 spiro atoms. The molecule has 0 aliphatic rings. The van der Waals surface area contributed by atoms with Gasteiger partial charge in [0.15, 0.2) is 0 Å². The summed E-state index contributed by atoms with van der Waals surface area (Å²) in [4.78, 5) is 3.92. The van der Waals surface area contributed by atoms with E-state index >= 15 is 0 Å². The number of rotatable bonds is 0. The maximum absolute atomic E-state index is 3.92. The van der Waals surface area contributed by atoms with E-state index < -0.39 is 0 Å². The normalized spacial score (nSPS) is 8.57. The second-order valence-electron chi connectivity index (χ2n) is 1.17. The van der Waals surface area contributed by atoms with Gasteiger partial charge in [-0.15, -0.1) is 0 Å². The molecule has 1 heterocycles. The first-order valence-corrected chi connectivity index (χ1v) is 2.83. The molecule has 2 heteroatoms. The van der Waals surface area contributed by atoms with Crippen molar-refractivity contribution < 1.29 is 0 Å². The van der Waals surface area contributed by atoms with E-state index in [0.717, 1.165) is 4.59 Å². The van der Waals surface area contributed by atoms with Crippen LogP contribution in [0.1, 0.15) is 0 Å². The van der Waals surface area contributed by atoms with Gasteiger partial charge in [-0.2, -0.15) is 0 Å². The van der Waals surface area contributed by atoms with Gasteiger partial charge in [-0.3, -0.25) is 0 Å². The van der Waals surface area contributed by atoms with Crippen molar-refractivity contribution in [3.05, 3.63) is 24.4 Å². The van der Waals surface area contributed by atoms with E-state index in [2.05, 4.69) is 21.0 Å². The quantitative estimate of drug-likeness (QED) is 0.478. The first-order valence-electron chi connectivity index (χ1n) is 1.97. The molecule has 0 aromatic carbocycles. The van der Waals surface area contributed by atoms with Crippen molar-refractivity contribution in [3.63, 3.8) is 0 Å². The van der Waals surface area contributed by atoms with Crippen LogP contribution >= 0.6 is 0 Å². The number of pyridine rings is 1. The Bertz CT molecular complexity index is 138. The topological polar surface area (TPSA) is 12.9 Å². The summed E-state index contributed by atoms with van der Waals surface area (Å²) in [6.45, 7) is 0. The van der Waals surface area contributed by atoms with Gasteiger partial charge in [0, 0.05) is 0 Å². The Balaban J connectivity index is 3.02. The van der Waals surface area contributed by atoms with Crippen LogP contribution in [0.2, 0.25) is 0 Å². The molecule has 36 valence electrons. The van der Waals surface area contributed by atoms with Gasteiger partial charge in [-0.1, -0.05) is 0 Å². The fraction of sp³-hybridized carbons (Fsp3) is 0. The Morgan fingerprint density at radius 3 is 2.57 bits per heavy atom. The summed E-state index contributed by atoms with van der Waals surface area (Å²) < 4.78 is 0.947. The monoisotopic (exact) mass is 158 g/mol. The third-order valence-electron chi connectivity index (χ3n) is 0.638. The molecule has 1 nitrogen and oxygen atoms in total. The van der Waals surface area contributed by atoms with E-state index in [0.29, 0.717) is 0 Å². The SMILES string of the molecule is [Se-]c1ccccn1. The van der Waals surface area contributed by atoms with Gasteiger partial charge in [-0.25, -0.2) is 0 Å². The van der Waals surface area contributed by atoms with Crippen LogP contribution in [0.5, 0.6) is 0 Å². The predicted molar refractivity (Wildman–Crippen MR) is 29.6 cm³/mol.